The summed E-state index contributed by atoms with van der Waals surface area (Å²) in [4.78, 5) is 0. The molecule has 1 atom stereocenters. The third-order valence-electron chi connectivity index (χ3n) is 2.23. The van der Waals surface area contributed by atoms with Crippen LogP contribution < -0.4 is 5.73 Å². The molecule has 0 aliphatic carbocycles. The molecule has 0 spiro atoms. The number of nitrogens with two attached hydrogens (primary N) is 1. The summed E-state index contributed by atoms with van der Waals surface area (Å²) in [6, 6.07) is 0.202. The number of hydrogen-bond acceptors (Lipinski definition) is 2. The average Bonchev–Trinajstić information content (AvgIpc) is 2.32. The lowest BCUT2D eigenvalue weighted by molar-refractivity contribution is 0.641. The van der Waals surface area contributed by atoms with Crippen LogP contribution in [0.25, 0.3) is 0 Å². The van der Waals surface area contributed by atoms with Gasteiger partial charge in [0.1, 0.15) is 0 Å². The van der Waals surface area contributed by atoms with Crippen molar-refractivity contribution in [1.82, 2.24) is 9.78 Å². The smallest absolute Gasteiger partial charge is 0.0527 e. The van der Waals surface area contributed by atoms with Crippen molar-refractivity contribution >= 4 is 0 Å². The minimum atomic E-state index is 0.202. The van der Waals surface area contributed by atoms with Crippen molar-refractivity contribution < 1.29 is 0 Å². The van der Waals surface area contributed by atoms with E-state index in [0.717, 1.165) is 6.42 Å². The van der Waals surface area contributed by atoms with Crippen molar-refractivity contribution in [3.63, 3.8) is 0 Å². The van der Waals surface area contributed by atoms with Gasteiger partial charge in [0.2, 0.25) is 0 Å². The van der Waals surface area contributed by atoms with Crippen LogP contribution >= 0.6 is 0 Å². The normalized spacial score (nSPS) is 13.7. The van der Waals surface area contributed by atoms with E-state index >= 15 is 0 Å². The van der Waals surface area contributed by atoms with Crippen molar-refractivity contribution in [1.29, 1.82) is 0 Å². The molecule has 0 saturated heterocycles. The third-order valence-corrected chi connectivity index (χ3v) is 2.23. The van der Waals surface area contributed by atoms with Crippen molar-refractivity contribution in [2.24, 2.45) is 12.8 Å². The van der Waals surface area contributed by atoms with E-state index in [2.05, 4.69) is 18.9 Å². The maximum atomic E-state index is 5.78. The Kier molecular flexibility index (Phi) is 3.09. The Morgan fingerprint density at radius 1 is 1.46 bits per heavy atom. The molecule has 1 rings (SSSR count). The first-order chi connectivity index (χ1) is 6.02. The molecule has 1 aromatic heterocycles. The van der Waals surface area contributed by atoms with Gasteiger partial charge in [0, 0.05) is 25.2 Å². The summed E-state index contributed by atoms with van der Waals surface area (Å²) < 4.78 is 1.93. The number of aryl methyl sites for hydroxylation is 1. The summed E-state index contributed by atoms with van der Waals surface area (Å²) in [5, 5.41) is 4.25. The van der Waals surface area contributed by atoms with Crippen LogP contribution in [0, 0.1) is 0 Å². The molecular formula is C10H19N3. The lowest BCUT2D eigenvalue weighted by Crippen LogP contribution is -2.20. The van der Waals surface area contributed by atoms with Gasteiger partial charge in [-0.25, -0.2) is 0 Å². The van der Waals surface area contributed by atoms with Crippen LogP contribution in [0.1, 0.15) is 37.9 Å². The SMILES string of the molecule is CC(N)Cc1c(C(C)C)cnn1C. The van der Waals surface area contributed by atoms with Crippen molar-refractivity contribution in [2.75, 3.05) is 0 Å². The molecule has 0 radical (unpaired) electrons. The lowest BCUT2D eigenvalue weighted by Gasteiger charge is -2.10. The zero-order valence-electron chi connectivity index (χ0n) is 8.91. The topological polar surface area (TPSA) is 43.8 Å². The van der Waals surface area contributed by atoms with Gasteiger partial charge in [-0.3, -0.25) is 4.68 Å². The predicted octanol–water partition coefficient (Wildman–Crippen LogP) is 1.43. The number of nitrogens with zero attached hydrogens (tertiary/aromatic N) is 2. The minimum absolute atomic E-state index is 0.202. The molecule has 3 heteroatoms. The van der Waals surface area contributed by atoms with Crippen LogP contribution in [-0.4, -0.2) is 15.8 Å². The molecule has 13 heavy (non-hydrogen) atoms. The first kappa shape index (κ1) is 10.3. The van der Waals surface area contributed by atoms with Gasteiger partial charge in [-0.05, 0) is 18.4 Å². The molecule has 3 nitrogen and oxygen atoms in total. The highest BCUT2D eigenvalue weighted by molar-refractivity contribution is 5.22. The quantitative estimate of drug-likeness (QED) is 0.766. The van der Waals surface area contributed by atoms with Crippen molar-refractivity contribution in [3.05, 3.63) is 17.5 Å². The third kappa shape index (κ3) is 2.31. The van der Waals surface area contributed by atoms with E-state index in [-0.39, 0.29) is 6.04 Å². The molecule has 0 amide bonds. The van der Waals surface area contributed by atoms with Gasteiger partial charge >= 0.3 is 0 Å². The van der Waals surface area contributed by atoms with Gasteiger partial charge in [0.15, 0.2) is 0 Å². The van der Waals surface area contributed by atoms with Crippen LogP contribution in [0.4, 0.5) is 0 Å². The maximum absolute atomic E-state index is 5.78. The largest absolute Gasteiger partial charge is 0.328 e. The number of aromatic nitrogens is 2. The van der Waals surface area contributed by atoms with Crippen LogP contribution in [0.2, 0.25) is 0 Å². The molecule has 0 aromatic carbocycles. The van der Waals surface area contributed by atoms with Gasteiger partial charge in [0.25, 0.3) is 0 Å². The Bertz CT molecular complexity index is 274. The highest BCUT2D eigenvalue weighted by Crippen LogP contribution is 2.19. The molecule has 0 aliphatic heterocycles. The lowest BCUT2D eigenvalue weighted by atomic mass is 10.0. The predicted molar refractivity (Wildman–Crippen MR) is 54.7 cm³/mol. The molecule has 0 aliphatic rings. The van der Waals surface area contributed by atoms with Gasteiger partial charge in [-0.1, -0.05) is 13.8 Å². The summed E-state index contributed by atoms with van der Waals surface area (Å²) in [5.74, 6) is 0.530. The number of rotatable bonds is 3. The molecule has 0 bridgehead atoms. The Morgan fingerprint density at radius 3 is 2.54 bits per heavy atom. The Balaban J connectivity index is 2.94. The summed E-state index contributed by atoms with van der Waals surface area (Å²) >= 11 is 0. The van der Waals surface area contributed by atoms with Crippen molar-refractivity contribution in [3.8, 4) is 0 Å². The fourth-order valence-corrected chi connectivity index (χ4v) is 1.52. The van der Waals surface area contributed by atoms with Gasteiger partial charge in [-0.2, -0.15) is 5.10 Å². The summed E-state index contributed by atoms with van der Waals surface area (Å²) in [7, 11) is 1.98. The molecular weight excluding hydrogens is 162 g/mol. The monoisotopic (exact) mass is 181 g/mol. The molecule has 0 fully saturated rings. The van der Waals surface area contributed by atoms with Crippen LogP contribution in [0.3, 0.4) is 0 Å². The number of hydrogen-bond donors (Lipinski definition) is 1. The average molecular weight is 181 g/mol. The minimum Gasteiger partial charge on any atom is -0.328 e. The summed E-state index contributed by atoms with van der Waals surface area (Å²) in [5.41, 5.74) is 8.37. The molecule has 2 N–H and O–H groups in total. The van der Waals surface area contributed by atoms with E-state index in [1.165, 1.54) is 11.3 Å². The first-order valence-electron chi connectivity index (χ1n) is 4.78. The second-order valence-electron chi connectivity index (χ2n) is 4.01. The van der Waals surface area contributed by atoms with Crippen LogP contribution in [0.5, 0.6) is 0 Å². The van der Waals surface area contributed by atoms with E-state index < -0.39 is 0 Å². The second kappa shape index (κ2) is 3.92. The maximum Gasteiger partial charge on any atom is 0.0527 e. The van der Waals surface area contributed by atoms with E-state index in [0.29, 0.717) is 5.92 Å². The van der Waals surface area contributed by atoms with E-state index in [4.69, 9.17) is 5.73 Å². The Labute approximate surface area is 79.9 Å². The fraction of sp³-hybridized carbons (Fsp3) is 0.700. The highest BCUT2D eigenvalue weighted by Gasteiger charge is 2.12. The molecule has 0 saturated carbocycles. The van der Waals surface area contributed by atoms with E-state index in [1.54, 1.807) is 0 Å². The highest BCUT2D eigenvalue weighted by atomic mass is 15.3. The van der Waals surface area contributed by atoms with Crippen LogP contribution in [0.15, 0.2) is 6.20 Å². The van der Waals surface area contributed by atoms with Crippen LogP contribution in [-0.2, 0) is 13.5 Å². The van der Waals surface area contributed by atoms with E-state index in [1.807, 2.05) is 24.9 Å². The first-order valence-corrected chi connectivity index (χ1v) is 4.78. The summed E-state index contributed by atoms with van der Waals surface area (Å²) in [6.07, 6.45) is 2.85. The fourth-order valence-electron chi connectivity index (χ4n) is 1.52. The van der Waals surface area contributed by atoms with Crippen molar-refractivity contribution in [2.45, 2.75) is 39.2 Å². The van der Waals surface area contributed by atoms with Gasteiger partial charge in [0.05, 0.1) is 6.20 Å². The molecule has 1 unspecified atom stereocenters. The molecule has 1 heterocycles. The molecule has 1 aromatic rings. The second-order valence-corrected chi connectivity index (χ2v) is 4.01. The Morgan fingerprint density at radius 2 is 2.08 bits per heavy atom. The standard InChI is InChI=1S/C10H19N3/c1-7(2)9-6-12-13(4)10(9)5-8(3)11/h6-8H,5,11H2,1-4H3. The zero-order chi connectivity index (χ0) is 10.0. The van der Waals surface area contributed by atoms with E-state index in [9.17, 15) is 0 Å². The van der Waals surface area contributed by atoms with Gasteiger partial charge < -0.3 is 5.73 Å². The van der Waals surface area contributed by atoms with Gasteiger partial charge in [-0.15, -0.1) is 0 Å². The summed E-state index contributed by atoms with van der Waals surface area (Å²) in [6.45, 7) is 6.39. The zero-order valence-corrected chi connectivity index (χ0v) is 8.91. The molecule has 74 valence electrons. The Hall–Kier alpha value is -0.830.